The van der Waals surface area contributed by atoms with Gasteiger partial charge in [0.25, 0.3) is 10.0 Å². The molecular formula is C13H12BrFN2O2S. The number of hydrogen-bond acceptors (Lipinski definition) is 3. The molecule has 2 aromatic rings. The normalized spacial score (nSPS) is 11.3. The molecule has 0 aliphatic heterocycles. The van der Waals surface area contributed by atoms with Gasteiger partial charge >= 0.3 is 0 Å². The minimum atomic E-state index is -3.79. The summed E-state index contributed by atoms with van der Waals surface area (Å²) in [6, 6.07) is 9.73. The number of sulfonamides is 1. The smallest absolute Gasteiger partial charge is 0.266 e. The lowest BCUT2D eigenvalue weighted by Gasteiger charge is -2.20. The molecule has 0 unspecified atom stereocenters. The Morgan fingerprint density at radius 3 is 2.30 bits per heavy atom. The molecule has 0 radical (unpaired) electrons. The first-order valence-corrected chi connectivity index (χ1v) is 7.85. The zero-order valence-electron chi connectivity index (χ0n) is 10.5. The van der Waals surface area contributed by atoms with Crippen molar-refractivity contribution in [3.05, 3.63) is 52.8 Å². The molecule has 0 atom stereocenters. The van der Waals surface area contributed by atoms with Gasteiger partial charge in [-0.15, -0.1) is 0 Å². The fourth-order valence-corrected chi connectivity index (χ4v) is 3.36. The van der Waals surface area contributed by atoms with Crippen LogP contribution in [0.4, 0.5) is 15.8 Å². The van der Waals surface area contributed by atoms with Gasteiger partial charge < -0.3 is 5.73 Å². The molecule has 2 rings (SSSR count). The van der Waals surface area contributed by atoms with E-state index in [0.717, 1.165) is 4.31 Å². The van der Waals surface area contributed by atoms with Gasteiger partial charge in [0.1, 0.15) is 10.7 Å². The van der Waals surface area contributed by atoms with Gasteiger partial charge in [0, 0.05) is 11.5 Å². The highest BCUT2D eigenvalue weighted by molar-refractivity contribution is 9.10. The quantitative estimate of drug-likeness (QED) is 0.857. The minimum Gasteiger partial charge on any atom is -0.398 e. The lowest BCUT2D eigenvalue weighted by Crippen LogP contribution is -2.27. The maximum absolute atomic E-state index is 12.9. The molecule has 2 aromatic carbocycles. The van der Waals surface area contributed by atoms with Crippen molar-refractivity contribution >= 4 is 37.3 Å². The number of nitrogens with two attached hydrogens (primary N) is 1. The van der Waals surface area contributed by atoms with E-state index in [4.69, 9.17) is 5.73 Å². The van der Waals surface area contributed by atoms with Crippen LogP contribution in [-0.4, -0.2) is 15.5 Å². The maximum atomic E-state index is 12.9. The molecule has 0 aliphatic rings. The van der Waals surface area contributed by atoms with Gasteiger partial charge in [-0.3, -0.25) is 4.31 Å². The second-order valence-corrected chi connectivity index (χ2v) is 6.98. The average Bonchev–Trinajstić information content (AvgIpc) is 2.38. The standard InChI is InChI=1S/C13H12BrFN2O2S/c1-17(11-5-3-10(15)4-6-11)20(18,19)13-7-2-9(14)8-12(13)16/h2-8H,16H2,1H3. The summed E-state index contributed by atoms with van der Waals surface area (Å²) in [6.45, 7) is 0. The summed E-state index contributed by atoms with van der Waals surface area (Å²) in [4.78, 5) is 0.00697. The average molecular weight is 359 g/mol. The van der Waals surface area contributed by atoms with Crippen molar-refractivity contribution in [3.63, 3.8) is 0 Å². The summed E-state index contributed by atoms with van der Waals surface area (Å²) < 4.78 is 39.6. The highest BCUT2D eigenvalue weighted by atomic mass is 79.9. The zero-order chi connectivity index (χ0) is 14.9. The van der Waals surface area contributed by atoms with E-state index in [-0.39, 0.29) is 10.6 Å². The number of halogens is 2. The summed E-state index contributed by atoms with van der Waals surface area (Å²) in [5.41, 5.74) is 6.25. The van der Waals surface area contributed by atoms with Crippen molar-refractivity contribution in [1.82, 2.24) is 0 Å². The fraction of sp³-hybridized carbons (Fsp3) is 0.0769. The summed E-state index contributed by atoms with van der Waals surface area (Å²) in [5.74, 6) is -0.428. The van der Waals surface area contributed by atoms with Crippen LogP contribution in [-0.2, 0) is 10.0 Å². The van der Waals surface area contributed by atoms with Gasteiger partial charge in [0.05, 0.1) is 11.4 Å². The van der Waals surface area contributed by atoms with E-state index in [2.05, 4.69) is 15.9 Å². The minimum absolute atomic E-state index is 0.00697. The second kappa shape index (κ2) is 5.41. The summed E-state index contributed by atoms with van der Waals surface area (Å²) >= 11 is 3.22. The molecule has 0 bridgehead atoms. The van der Waals surface area contributed by atoms with Gasteiger partial charge in [0.15, 0.2) is 0 Å². The van der Waals surface area contributed by atoms with Gasteiger partial charge in [0.2, 0.25) is 0 Å². The van der Waals surface area contributed by atoms with Crippen molar-refractivity contribution in [2.24, 2.45) is 0 Å². The molecule has 0 aliphatic carbocycles. The fourth-order valence-electron chi connectivity index (χ4n) is 1.69. The Morgan fingerprint density at radius 2 is 1.75 bits per heavy atom. The number of nitrogen functional groups attached to an aromatic ring is 1. The van der Waals surface area contributed by atoms with Gasteiger partial charge in [-0.25, -0.2) is 12.8 Å². The SMILES string of the molecule is CN(c1ccc(F)cc1)S(=O)(=O)c1ccc(Br)cc1N. The van der Waals surface area contributed by atoms with Gasteiger partial charge in [-0.2, -0.15) is 0 Å². The van der Waals surface area contributed by atoms with Crippen molar-refractivity contribution in [2.75, 3.05) is 17.1 Å². The van der Waals surface area contributed by atoms with Crippen molar-refractivity contribution in [1.29, 1.82) is 0 Å². The van der Waals surface area contributed by atoms with Crippen LogP contribution >= 0.6 is 15.9 Å². The molecule has 0 saturated heterocycles. The molecule has 20 heavy (non-hydrogen) atoms. The molecule has 0 amide bonds. The highest BCUT2D eigenvalue weighted by Gasteiger charge is 2.23. The number of hydrogen-bond donors (Lipinski definition) is 1. The monoisotopic (exact) mass is 358 g/mol. The predicted molar refractivity (Wildman–Crippen MR) is 80.5 cm³/mol. The summed E-state index contributed by atoms with van der Waals surface area (Å²) in [7, 11) is -2.39. The first kappa shape index (κ1) is 14.8. The molecule has 0 fully saturated rings. The van der Waals surface area contributed by atoms with Crippen LogP contribution in [0.3, 0.4) is 0 Å². The third-order valence-corrected chi connectivity index (χ3v) is 5.15. The summed E-state index contributed by atoms with van der Waals surface area (Å²) in [5, 5.41) is 0. The van der Waals surface area contributed by atoms with Crippen molar-refractivity contribution < 1.29 is 12.8 Å². The van der Waals surface area contributed by atoms with E-state index < -0.39 is 15.8 Å². The number of rotatable bonds is 3. The predicted octanol–water partition coefficient (Wildman–Crippen LogP) is 3.00. The van der Waals surface area contributed by atoms with Crippen molar-refractivity contribution in [3.8, 4) is 0 Å². The number of nitrogens with zero attached hydrogens (tertiary/aromatic N) is 1. The van der Waals surface area contributed by atoms with Crippen molar-refractivity contribution in [2.45, 2.75) is 4.90 Å². The van der Waals surface area contributed by atoms with E-state index in [1.54, 1.807) is 6.07 Å². The molecule has 0 spiro atoms. The molecule has 0 aromatic heterocycles. The van der Waals surface area contributed by atoms with E-state index in [1.165, 1.54) is 43.4 Å². The van der Waals surface area contributed by atoms with Crippen LogP contribution in [0.1, 0.15) is 0 Å². The highest BCUT2D eigenvalue weighted by Crippen LogP contribution is 2.28. The molecule has 0 saturated carbocycles. The molecule has 2 N–H and O–H groups in total. The van der Waals surface area contributed by atoms with Crippen LogP contribution in [0.2, 0.25) is 0 Å². The third-order valence-electron chi connectivity index (χ3n) is 2.80. The Morgan fingerprint density at radius 1 is 1.15 bits per heavy atom. The lowest BCUT2D eigenvalue weighted by molar-refractivity contribution is 0.594. The van der Waals surface area contributed by atoms with Gasteiger partial charge in [-0.1, -0.05) is 15.9 Å². The Hall–Kier alpha value is -1.60. The molecule has 0 heterocycles. The topological polar surface area (TPSA) is 63.4 Å². The van der Waals surface area contributed by atoms with Crippen LogP contribution in [0.25, 0.3) is 0 Å². The molecule has 4 nitrogen and oxygen atoms in total. The Balaban J connectivity index is 2.46. The van der Waals surface area contributed by atoms with Gasteiger partial charge in [-0.05, 0) is 42.5 Å². The van der Waals surface area contributed by atoms with Crippen LogP contribution in [0.5, 0.6) is 0 Å². The number of anilines is 2. The van der Waals surface area contributed by atoms with E-state index >= 15 is 0 Å². The first-order chi connectivity index (χ1) is 9.32. The zero-order valence-corrected chi connectivity index (χ0v) is 12.9. The molecule has 106 valence electrons. The van der Waals surface area contributed by atoms with E-state index in [1.807, 2.05) is 0 Å². The Kier molecular flexibility index (Phi) is 4.01. The Labute approximate surface area is 125 Å². The molecular weight excluding hydrogens is 347 g/mol. The number of benzene rings is 2. The Bertz CT molecular complexity index is 733. The first-order valence-electron chi connectivity index (χ1n) is 5.62. The lowest BCUT2D eigenvalue weighted by atomic mass is 10.3. The van der Waals surface area contributed by atoms with Crippen LogP contribution in [0.15, 0.2) is 51.8 Å². The second-order valence-electron chi connectivity index (χ2n) is 4.13. The van der Waals surface area contributed by atoms with E-state index in [0.29, 0.717) is 10.2 Å². The van der Waals surface area contributed by atoms with Crippen LogP contribution in [0, 0.1) is 5.82 Å². The largest absolute Gasteiger partial charge is 0.398 e. The van der Waals surface area contributed by atoms with E-state index in [9.17, 15) is 12.8 Å². The van der Waals surface area contributed by atoms with Crippen LogP contribution < -0.4 is 10.0 Å². The molecule has 7 heteroatoms. The third kappa shape index (κ3) is 2.78. The maximum Gasteiger partial charge on any atom is 0.266 e. The summed E-state index contributed by atoms with van der Waals surface area (Å²) in [6.07, 6.45) is 0.